The van der Waals surface area contributed by atoms with Crippen molar-refractivity contribution in [1.29, 1.82) is 0 Å². The van der Waals surface area contributed by atoms with Crippen molar-refractivity contribution in [3.63, 3.8) is 0 Å². The second kappa shape index (κ2) is 4.76. The maximum absolute atomic E-state index is 11.8. The predicted molar refractivity (Wildman–Crippen MR) is 70.1 cm³/mol. The van der Waals surface area contributed by atoms with Crippen molar-refractivity contribution in [1.82, 2.24) is 14.3 Å². The molecular weight excluding hydrogens is 300 g/mol. The highest BCUT2D eigenvalue weighted by Crippen LogP contribution is 2.31. The van der Waals surface area contributed by atoms with Gasteiger partial charge >= 0.3 is 5.69 Å². The van der Waals surface area contributed by atoms with Crippen LogP contribution in [0.4, 0.5) is 0 Å². The predicted octanol–water partition coefficient (Wildman–Crippen LogP) is 1.89. The molecule has 0 radical (unpaired) electrons. The zero-order valence-corrected chi connectivity index (χ0v) is 11.3. The Morgan fingerprint density at radius 3 is 2.22 bits per heavy atom. The van der Waals surface area contributed by atoms with Crippen LogP contribution < -0.4 is 11.2 Å². The molecule has 0 saturated carbocycles. The average Bonchev–Trinajstić information content (AvgIpc) is 2.31. The summed E-state index contributed by atoms with van der Waals surface area (Å²) in [5, 5.41) is 4.09. The molecule has 94 valence electrons. The molecule has 0 unspecified atom stereocenters. The molecule has 0 saturated heterocycles. The Balaban J connectivity index is 2.82. The van der Waals surface area contributed by atoms with Crippen molar-refractivity contribution in [2.45, 2.75) is 0 Å². The van der Waals surface area contributed by atoms with E-state index in [9.17, 15) is 9.59 Å². The van der Waals surface area contributed by atoms with E-state index in [2.05, 4.69) is 5.10 Å². The van der Waals surface area contributed by atoms with Gasteiger partial charge in [-0.1, -0.05) is 34.8 Å². The molecule has 1 heterocycles. The van der Waals surface area contributed by atoms with Gasteiger partial charge in [0, 0.05) is 7.05 Å². The highest BCUT2D eigenvalue weighted by molar-refractivity contribution is 6.48. The van der Waals surface area contributed by atoms with E-state index in [0.29, 0.717) is 0 Å². The lowest BCUT2D eigenvalue weighted by Gasteiger charge is -2.08. The van der Waals surface area contributed by atoms with Crippen LogP contribution in [0.25, 0.3) is 5.69 Å². The smallest absolute Gasteiger partial charge is 0.267 e. The van der Waals surface area contributed by atoms with E-state index in [-0.39, 0.29) is 20.8 Å². The summed E-state index contributed by atoms with van der Waals surface area (Å²) in [5.41, 5.74) is -0.938. The highest BCUT2D eigenvalue weighted by atomic mass is 35.5. The fourth-order valence-electron chi connectivity index (χ4n) is 1.39. The van der Waals surface area contributed by atoms with Crippen molar-refractivity contribution in [2.75, 3.05) is 0 Å². The molecule has 0 fully saturated rings. The van der Waals surface area contributed by atoms with Crippen LogP contribution in [-0.2, 0) is 7.05 Å². The van der Waals surface area contributed by atoms with Crippen LogP contribution in [-0.4, -0.2) is 14.3 Å². The first-order valence-corrected chi connectivity index (χ1v) is 5.85. The molecule has 2 aromatic rings. The first-order chi connectivity index (χ1) is 8.41. The number of aromatic nitrogens is 3. The normalized spacial score (nSPS) is 10.7. The second-order valence-electron chi connectivity index (χ2n) is 3.45. The van der Waals surface area contributed by atoms with Gasteiger partial charge in [-0.25, -0.2) is 14.0 Å². The Bertz CT molecular complexity index is 713. The van der Waals surface area contributed by atoms with Crippen LogP contribution in [0.5, 0.6) is 0 Å². The largest absolute Gasteiger partial charge is 0.351 e. The highest BCUT2D eigenvalue weighted by Gasteiger charge is 2.11. The summed E-state index contributed by atoms with van der Waals surface area (Å²) >= 11 is 17.5. The third kappa shape index (κ3) is 2.16. The average molecular weight is 307 g/mol. The number of rotatable bonds is 1. The topological polar surface area (TPSA) is 56.9 Å². The zero-order valence-electron chi connectivity index (χ0n) is 9.02. The van der Waals surface area contributed by atoms with Crippen molar-refractivity contribution in [3.05, 3.63) is 54.2 Å². The number of hydrogen-bond acceptors (Lipinski definition) is 3. The molecule has 0 atom stereocenters. The Morgan fingerprint density at radius 2 is 1.67 bits per heavy atom. The number of benzene rings is 1. The van der Waals surface area contributed by atoms with Gasteiger partial charge < -0.3 is 0 Å². The maximum atomic E-state index is 11.8. The molecule has 1 aromatic heterocycles. The standard InChI is InChI=1S/C10H6Cl3N3O2/c1-15-10(18)16(8(17)4-14-15)5-2-6(11)9(13)7(12)3-5/h2-4H,1H3. The summed E-state index contributed by atoms with van der Waals surface area (Å²) in [6, 6.07) is 2.77. The number of nitrogens with zero attached hydrogens (tertiary/aromatic N) is 3. The third-order valence-corrected chi connectivity index (χ3v) is 3.45. The van der Waals surface area contributed by atoms with Crippen LogP contribution in [0.15, 0.2) is 27.9 Å². The lowest BCUT2D eigenvalue weighted by molar-refractivity contribution is 0.630. The van der Waals surface area contributed by atoms with Crippen molar-refractivity contribution in [3.8, 4) is 5.69 Å². The fourth-order valence-corrected chi connectivity index (χ4v) is 1.98. The monoisotopic (exact) mass is 305 g/mol. The summed E-state index contributed by atoms with van der Waals surface area (Å²) in [6.07, 6.45) is 1.03. The van der Waals surface area contributed by atoms with Gasteiger partial charge in [0.25, 0.3) is 5.56 Å². The molecule has 0 aliphatic heterocycles. The summed E-state index contributed by atoms with van der Waals surface area (Å²) < 4.78 is 1.93. The molecule has 5 nitrogen and oxygen atoms in total. The van der Waals surface area contributed by atoms with Gasteiger partial charge in [0.2, 0.25) is 0 Å². The molecule has 8 heteroatoms. The van der Waals surface area contributed by atoms with E-state index >= 15 is 0 Å². The van der Waals surface area contributed by atoms with E-state index in [1.54, 1.807) is 0 Å². The van der Waals surface area contributed by atoms with Crippen LogP contribution in [0.2, 0.25) is 15.1 Å². The van der Waals surface area contributed by atoms with Gasteiger partial charge in [-0.3, -0.25) is 4.79 Å². The van der Waals surface area contributed by atoms with Crippen molar-refractivity contribution < 1.29 is 0 Å². The van der Waals surface area contributed by atoms with Crippen molar-refractivity contribution >= 4 is 34.8 Å². The Hall–Kier alpha value is -1.30. The molecule has 2 rings (SSSR count). The second-order valence-corrected chi connectivity index (χ2v) is 4.64. The van der Waals surface area contributed by atoms with Crippen LogP contribution in [0.1, 0.15) is 0 Å². The van der Waals surface area contributed by atoms with Gasteiger partial charge in [0.15, 0.2) is 0 Å². The Morgan fingerprint density at radius 1 is 1.11 bits per heavy atom. The van der Waals surface area contributed by atoms with Gasteiger partial charge in [0.1, 0.15) is 6.20 Å². The molecule has 0 spiro atoms. The molecule has 18 heavy (non-hydrogen) atoms. The number of halogens is 3. The van der Waals surface area contributed by atoms with Gasteiger partial charge in [-0.2, -0.15) is 5.10 Å². The molecule has 0 amide bonds. The molecule has 0 aliphatic rings. The van der Waals surface area contributed by atoms with E-state index in [1.165, 1.54) is 19.2 Å². The van der Waals surface area contributed by atoms with Crippen LogP contribution in [0, 0.1) is 0 Å². The van der Waals surface area contributed by atoms with Gasteiger partial charge in [-0.05, 0) is 12.1 Å². The number of aryl methyl sites for hydroxylation is 1. The molecule has 1 aromatic carbocycles. The van der Waals surface area contributed by atoms with E-state index in [4.69, 9.17) is 34.8 Å². The van der Waals surface area contributed by atoms with E-state index < -0.39 is 11.2 Å². The SMILES string of the molecule is Cn1ncc(=O)n(-c2cc(Cl)c(Cl)c(Cl)c2)c1=O. The first-order valence-electron chi connectivity index (χ1n) is 4.72. The Labute approximate surface area is 116 Å². The fraction of sp³-hybridized carbons (Fsp3) is 0.100. The summed E-state index contributed by atoms with van der Waals surface area (Å²) in [5.74, 6) is 0. The third-order valence-electron chi connectivity index (χ3n) is 2.26. The minimum atomic E-state index is -0.600. The van der Waals surface area contributed by atoms with E-state index in [1.807, 2.05) is 0 Å². The van der Waals surface area contributed by atoms with Crippen LogP contribution in [0.3, 0.4) is 0 Å². The minimum absolute atomic E-state index is 0.157. The number of hydrogen-bond donors (Lipinski definition) is 0. The minimum Gasteiger partial charge on any atom is -0.267 e. The quantitative estimate of drug-likeness (QED) is 0.756. The van der Waals surface area contributed by atoms with Crippen molar-refractivity contribution in [2.24, 2.45) is 7.05 Å². The van der Waals surface area contributed by atoms with Gasteiger partial charge in [-0.15, -0.1) is 0 Å². The van der Waals surface area contributed by atoms with Gasteiger partial charge in [0.05, 0.1) is 20.8 Å². The lowest BCUT2D eigenvalue weighted by atomic mass is 10.3. The maximum Gasteiger partial charge on any atom is 0.351 e. The lowest BCUT2D eigenvalue weighted by Crippen LogP contribution is -2.38. The van der Waals surface area contributed by atoms with E-state index in [0.717, 1.165) is 15.4 Å². The molecule has 0 N–H and O–H groups in total. The van der Waals surface area contributed by atoms with Crippen LogP contribution >= 0.6 is 34.8 Å². The Kier molecular flexibility index (Phi) is 3.47. The summed E-state index contributed by atoms with van der Waals surface area (Å²) in [4.78, 5) is 23.5. The molecule has 0 bridgehead atoms. The molecular formula is C10H6Cl3N3O2. The summed E-state index contributed by atoms with van der Waals surface area (Å²) in [7, 11) is 1.43. The molecule has 0 aliphatic carbocycles. The zero-order chi connectivity index (χ0) is 13.4. The first kappa shape index (κ1) is 13.1. The summed E-state index contributed by atoms with van der Waals surface area (Å²) in [6.45, 7) is 0.